The molecule has 4 N–H and O–H groups in total. The van der Waals surface area contributed by atoms with E-state index in [0.717, 1.165) is 63.1 Å². The van der Waals surface area contributed by atoms with Crippen molar-refractivity contribution in [3.8, 4) is 0 Å². The zero-order chi connectivity index (χ0) is 20.4. The number of anilines is 3. The van der Waals surface area contributed by atoms with Gasteiger partial charge in [0.05, 0.1) is 17.7 Å². The normalized spacial score (nSPS) is 22.5. The van der Waals surface area contributed by atoms with Gasteiger partial charge in [0.25, 0.3) is 5.91 Å². The molecule has 3 heterocycles. The molecule has 29 heavy (non-hydrogen) atoms. The first-order valence-electron chi connectivity index (χ1n) is 10.3. The first kappa shape index (κ1) is 19.9. The van der Waals surface area contributed by atoms with Gasteiger partial charge in [0.15, 0.2) is 11.5 Å². The number of allylic oxidation sites excluding steroid dienone is 1. The van der Waals surface area contributed by atoms with Crippen LogP contribution in [0.4, 0.5) is 16.5 Å². The van der Waals surface area contributed by atoms with Crippen LogP contribution in [-0.2, 0) is 7.05 Å². The Hall–Kier alpha value is -2.39. The molecule has 1 amide bonds. The van der Waals surface area contributed by atoms with Crippen molar-refractivity contribution in [2.45, 2.75) is 50.6 Å². The second-order valence-electron chi connectivity index (χ2n) is 7.82. The highest BCUT2D eigenvalue weighted by molar-refractivity contribution is 7.14. The van der Waals surface area contributed by atoms with Gasteiger partial charge in [0, 0.05) is 26.2 Å². The Morgan fingerprint density at radius 1 is 1.28 bits per heavy atom. The Kier molecular flexibility index (Phi) is 5.86. The van der Waals surface area contributed by atoms with Crippen molar-refractivity contribution < 1.29 is 4.79 Å². The maximum absolute atomic E-state index is 13.6. The fraction of sp³-hybridized carbons (Fsp3) is 0.550. The topological polar surface area (TPSA) is 106 Å². The van der Waals surface area contributed by atoms with Crippen molar-refractivity contribution in [1.82, 2.24) is 14.8 Å². The molecule has 0 bridgehead atoms. The molecule has 2 aromatic rings. The minimum atomic E-state index is -0.166. The number of nitrogen functional groups attached to an aromatic ring is 1. The summed E-state index contributed by atoms with van der Waals surface area (Å²) < 4.78 is 1.86. The van der Waals surface area contributed by atoms with Crippen LogP contribution in [0.25, 0.3) is 0 Å². The first-order chi connectivity index (χ1) is 14.1. The van der Waals surface area contributed by atoms with Crippen LogP contribution in [-0.4, -0.2) is 45.8 Å². The van der Waals surface area contributed by atoms with E-state index in [4.69, 9.17) is 11.5 Å². The summed E-state index contributed by atoms with van der Waals surface area (Å²) in [5.41, 5.74) is 15.0. The summed E-state index contributed by atoms with van der Waals surface area (Å²) in [6, 6.07) is 0.194. The van der Waals surface area contributed by atoms with Gasteiger partial charge in [-0.2, -0.15) is 5.10 Å². The highest BCUT2D eigenvalue weighted by atomic mass is 32.1. The van der Waals surface area contributed by atoms with Gasteiger partial charge < -0.3 is 16.4 Å². The lowest BCUT2D eigenvalue weighted by Crippen LogP contribution is -2.42. The lowest BCUT2D eigenvalue weighted by molar-refractivity contribution is 0.0976. The van der Waals surface area contributed by atoms with Gasteiger partial charge in [0.1, 0.15) is 10.7 Å². The molecule has 1 saturated heterocycles. The van der Waals surface area contributed by atoms with Crippen LogP contribution in [0.5, 0.6) is 0 Å². The van der Waals surface area contributed by atoms with E-state index in [9.17, 15) is 4.79 Å². The maximum Gasteiger partial charge on any atom is 0.280 e. The van der Waals surface area contributed by atoms with Gasteiger partial charge in [0.2, 0.25) is 0 Å². The van der Waals surface area contributed by atoms with Gasteiger partial charge in [-0.25, -0.2) is 4.98 Å². The third-order valence-electron chi connectivity index (χ3n) is 5.80. The summed E-state index contributed by atoms with van der Waals surface area (Å²) in [6.45, 7) is 1.76. The number of carbonyl (C=O) groups excluding carboxylic acids is 1. The van der Waals surface area contributed by atoms with E-state index in [1.165, 1.54) is 11.3 Å². The summed E-state index contributed by atoms with van der Waals surface area (Å²) >= 11 is 1.29. The van der Waals surface area contributed by atoms with Crippen LogP contribution in [0.2, 0.25) is 0 Å². The van der Waals surface area contributed by atoms with Crippen molar-refractivity contribution >= 4 is 33.8 Å². The average Bonchev–Trinajstić information content (AvgIpc) is 3.24. The zero-order valence-corrected chi connectivity index (χ0v) is 17.6. The Morgan fingerprint density at radius 2 is 2.14 bits per heavy atom. The summed E-state index contributed by atoms with van der Waals surface area (Å²) in [5, 5.41) is 4.97. The van der Waals surface area contributed by atoms with Crippen molar-refractivity contribution in [2.24, 2.45) is 12.8 Å². The van der Waals surface area contributed by atoms with Crippen LogP contribution in [0.3, 0.4) is 0 Å². The van der Waals surface area contributed by atoms with Crippen molar-refractivity contribution in [3.63, 3.8) is 0 Å². The van der Waals surface area contributed by atoms with Crippen LogP contribution in [0.15, 0.2) is 23.9 Å². The molecule has 8 nitrogen and oxygen atoms in total. The Balaban J connectivity index is 1.75. The molecule has 2 aliphatic rings. The molecule has 0 spiro atoms. The molecule has 2 atom stereocenters. The van der Waals surface area contributed by atoms with Gasteiger partial charge in [-0.05, 0) is 38.5 Å². The second-order valence-corrected chi connectivity index (χ2v) is 8.71. The third-order valence-corrected chi connectivity index (χ3v) is 6.46. The Labute approximate surface area is 175 Å². The molecule has 0 radical (unpaired) electrons. The molecular weight excluding hydrogens is 386 g/mol. The first-order valence-corrected chi connectivity index (χ1v) is 11.2. The summed E-state index contributed by atoms with van der Waals surface area (Å²) in [5.74, 6) is 0.793. The summed E-state index contributed by atoms with van der Waals surface area (Å²) in [4.78, 5) is 22.0. The number of aromatic nitrogens is 3. The van der Waals surface area contributed by atoms with Crippen molar-refractivity contribution in [2.75, 3.05) is 28.6 Å². The molecule has 0 saturated carbocycles. The van der Waals surface area contributed by atoms with Crippen LogP contribution >= 0.6 is 11.3 Å². The Bertz CT molecular complexity index is 889. The fourth-order valence-electron chi connectivity index (χ4n) is 4.27. The fourth-order valence-corrected chi connectivity index (χ4v) is 4.79. The minimum absolute atomic E-state index is 0.0328. The van der Waals surface area contributed by atoms with Crippen LogP contribution in [0, 0.1) is 0 Å². The molecule has 1 aliphatic carbocycles. The average molecular weight is 416 g/mol. The quantitative estimate of drug-likeness (QED) is 0.743. The largest absolute Gasteiger partial charge is 0.389 e. The van der Waals surface area contributed by atoms with E-state index < -0.39 is 0 Å². The minimum Gasteiger partial charge on any atom is -0.389 e. The number of hydrogen-bond acceptors (Lipinski definition) is 7. The smallest absolute Gasteiger partial charge is 0.280 e. The van der Waals surface area contributed by atoms with E-state index >= 15 is 0 Å². The van der Waals surface area contributed by atoms with Gasteiger partial charge >= 0.3 is 0 Å². The second kappa shape index (κ2) is 8.54. The summed E-state index contributed by atoms with van der Waals surface area (Å²) in [6.07, 6.45) is 12.1. The van der Waals surface area contributed by atoms with E-state index in [2.05, 4.69) is 27.1 Å². The van der Waals surface area contributed by atoms with E-state index in [1.54, 1.807) is 11.7 Å². The predicted molar refractivity (Wildman–Crippen MR) is 117 cm³/mol. The number of nitrogens with zero attached hydrogens (tertiary/aromatic N) is 5. The van der Waals surface area contributed by atoms with E-state index in [1.807, 2.05) is 16.6 Å². The van der Waals surface area contributed by atoms with Crippen LogP contribution < -0.4 is 21.3 Å². The maximum atomic E-state index is 13.6. The lowest BCUT2D eigenvalue weighted by atomic mass is 10.0. The van der Waals surface area contributed by atoms with E-state index in [0.29, 0.717) is 10.7 Å². The van der Waals surface area contributed by atoms with Crippen molar-refractivity contribution in [1.29, 1.82) is 0 Å². The molecule has 1 fully saturated rings. The Morgan fingerprint density at radius 3 is 2.86 bits per heavy atom. The number of nitrogens with two attached hydrogens (primary N) is 2. The molecule has 9 heteroatoms. The van der Waals surface area contributed by atoms with Gasteiger partial charge in [-0.15, -0.1) is 11.3 Å². The summed E-state index contributed by atoms with van der Waals surface area (Å²) in [7, 11) is 1.93. The van der Waals surface area contributed by atoms with Crippen molar-refractivity contribution in [3.05, 3.63) is 29.6 Å². The number of aryl methyl sites for hydroxylation is 1. The van der Waals surface area contributed by atoms with Crippen LogP contribution in [0.1, 0.15) is 49.0 Å². The number of thiazole rings is 1. The zero-order valence-electron chi connectivity index (χ0n) is 16.8. The number of rotatable bonds is 4. The lowest BCUT2D eigenvalue weighted by Gasteiger charge is -2.33. The molecule has 4 rings (SSSR count). The predicted octanol–water partition coefficient (Wildman–Crippen LogP) is 2.53. The molecule has 1 aliphatic heterocycles. The van der Waals surface area contributed by atoms with Gasteiger partial charge in [-0.1, -0.05) is 12.2 Å². The number of amides is 1. The standard InChI is InChI=1S/C20H29N7OS/c1-25-19(26-10-5-6-14(21)9-11-26)16(12-24-25)27(15-7-3-2-4-8-15)20(28)17-18(22)29-13-23-17/h3,7,12-15H,2,4-6,8-11,21-22H2,1H3/t14?,15-/m0/s1. The number of hydrogen-bond donors (Lipinski definition) is 2. The molecule has 2 aromatic heterocycles. The molecule has 0 aromatic carbocycles. The molecule has 1 unspecified atom stereocenters. The monoisotopic (exact) mass is 415 g/mol. The third kappa shape index (κ3) is 4.02. The van der Waals surface area contributed by atoms with Gasteiger partial charge in [-0.3, -0.25) is 14.4 Å². The molecular formula is C20H29N7OS. The molecule has 156 valence electrons. The number of carbonyl (C=O) groups is 1. The highest BCUT2D eigenvalue weighted by Gasteiger charge is 2.33. The highest BCUT2D eigenvalue weighted by Crippen LogP contribution is 2.35. The SMILES string of the molecule is Cn1ncc(N(C(=O)c2ncsc2N)[C@H]2C=CCCC2)c1N1CCCC(N)CC1. The van der Waals surface area contributed by atoms with E-state index in [-0.39, 0.29) is 18.0 Å².